The molecule has 6 aliphatic heterocycles. The maximum absolute atomic E-state index is 13.3. The van der Waals surface area contributed by atoms with Crippen LogP contribution in [0.5, 0.6) is 11.5 Å². The summed E-state index contributed by atoms with van der Waals surface area (Å²) in [5.74, 6) is 2.23. The number of nitrogens with one attached hydrogen (secondary N) is 3. The number of fused-ring (bicyclic) bond motifs is 10. The normalized spacial score (nSPS) is 17.1. The number of hydrogen-bond donors (Lipinski definition) is 3. The first kappa shape index (κ1) is 91.5. The van der Waals surface area contributed by atoms with Crippen molar-refractivity contribution in [3.05, 3.63) is 289 Å². The van der Waals surface area contributed by atoms with Gasteiger partial charge in [0.2, 0.25) is 0 Å². The summed E-state index contributed by atoms with van der Waals surface area (Å²) in [4.78, 5) is 98.0. The van der Waals surface area contributed by atoms with Crippen LogP contribution in [-0.4, -0.2) is 180 Å². The van der Waals surface area contributed by atoms with Gasteiger partial charge in [-0.05, 0) is 251 Å². The van der Waals surface area contributed by atoms with E-state index in [1.165, 1.54) is 57.5 Å². The van der Waals surface area contributed by atoms with E-state index in [1.54, 1.807) is 12.1 Å². The molecule has 0 amide bonds. The van der Waals surface area contributed by atoms with Crippen molar-refractivity contribution in [2.24, 2.45) is 0 Å². The molecule has 25 rings (SSSR count). The van der Waals surface area contributed by atoms with Crippen molar-refractivity contribution in [2.45, 2.75) is 51.5 Å². The zero-order valence-electron chi connectivity index (χ0n) is 76.7. The topological polar surface area (TPSA) is 280 Å². The average Bonchev–Trinajstić information content (AvgIpc) is 1.77. The van der Waals surface area contributed by atoms with E-state index >= 15 is 0 Å². The maximum atomic E-state index is 13.3. The molecule has 10 aromatic carbocycles. The van der Waals surface area contributed by atoms with Crippen molar-refractivity contribution in [1.82, 2.24) is 45.7 Å². The molecule has 2 atom stereocenters. The summed E-state index contributed by atoms with van der Waals surface area (Å²) in [6.45, 7) is 21.9. The fourth-order valence-electron chi connectivity index (χ4n) is 18.6. The highest BCUT2D eigenvalue weighted by Gasteiger charge is 2.44. The Labute approximate surface area is 811 Å². The van der Waals surface area contributed by atoms with Gasteiger partial charge >= 0.3 is 34.4 Å². The summed E-state index contributed by atoms with van der Waals surface area (Å²) in [7, 11) is 4.26. The van der Waals surface area contributed by atoms with Gasteiger partial charge in [-0.25, -0.2) is 43.9 Å². The Kier molecular flexibility index (Phi) is 26.2. The number of rotatable bonds is 10. The minimum atomic E-state index is -3.69. The summed E-state index contributed by atoms with van der Waals surface area (Å²) < 4.78 is 67.8. The number of aromatic nitrogens is 4. The lowest BCUT2D eigenvalue weighted by molar-refractivity contribution is -0.286. The Balaban J connectivity index is 0.000000103. The first-order valence-corrected chi connectivity index (χ1v) is 50.0. The minimum absolute atomic E-state index is 0.0559. The molecule has 19 aromatic rings. The van der Waals surface area contributed by atoms with Gasteiger partial charge in [0.15, 0.2) is 54.6 Å². The van der Waals surface area contributed by atoms with E-state index < -0.39 is 11.9 Å². The predicted molar refractivity (Wildman–Crippen MR) is 556 cm³/mol. The largest absolute Gasteiger partial charge is 0.586 e. The third kappa shape index (κ3) is 20.4. The second-order valence-corrected chi connectivity index (χ2v) is 39.7. The molecule has 0 aliphatic carbocycles. The summed E-state index contributed by atoms with van der Waals surface area (Å²) in [6.07, 6.45) is -0.405. The molecule has 0 radical (unpaired) electrons. The van der Waals surface area contributed by atoms with E-state index in [0.29, 0.717) is 67.6 Å². The summed E-state index contributed by atoms with van der Waals surface area (Å²) in [5, 5.41) is 20.4. The van der Waals surface area contributed by atoms with Gasteiger partial charge in [0, 0.05) is 144 Å². The zero-order valence-corrected chi connectivity index (χ0v) is 80.0. The molecule has 0 saturated carbocycles. The number of alkyl halides is 2. The van der Waals surface area contributed by atoms with Crippen molar-refractivity contribution in [1.29, 1.82) is 0 Å². The third-order valence-electron chi connectivity index (χ3n) is 25.7. The van der Waals surface area contributed by atoms with Crippen molar-refractivity contribution in [3.8, 4) is 65.9 Å². The standard InChI is InChI=1S/C22H20F2N2O4.2C22H21N3O2S.C21H19N3O2S.C20H17N3O2S/c1-25-7-2-8-26(10-9-25)16-5-3-14-11-19(28-21(27)17(14)13-16)15-4-6-18-20(12-15)30-22(23,24)29-18;1-13-11-25(12-14(2)23-13)16-8-7-15-9-19(27-22(26)17(15)10-16)21-24-18-5-3-4-6-20(18)28-21;1-24-9-4-10-25(12-11-24)16-8-7-15-13-19(27-22(26)17(15)14-16)21-23-18-5-2-3-6-20(18)28-21;25-21-16-13-15(24-10-3-8-22-9-11-24)7-6-14(16)12-18(26-21)20-23-17-4-1-2-5-19(17)27-20;24-20-15-12-14(23-9-7-21-8-10-23)6-5-13(15)11-17(25-20)19-22-16-3-1-2-4-18(16)26-19/h3-6,11-13H,2,7-10H2,1H3;3-10,13-14,23H,11-12H2,1-2H3;2-3,5-8,13-14H,4,9-12H2,1H3;1-2,4-7,12-13,22H,3,8-11H2;1-6,11-12,21H,7-10H2/t;13-,14+;;;. The van der Waals surface area contributed by atoms with E-state index in [4.69, 9.17) is 22.1 Å². The van der Waals surface area contributed by atoms with Gasteiger partial charge in [-0.15, -0.1) is 54.1 Å². The first-order valence-electron chi connectivity index (χ1n) is 46.7. The Bertz CT molecular complexity index is 8000. The highest BCUT2D eigenvalue weighted by Crippen LogP contribution is 2.45. The summed E-state index contributed by atoms with van der Waals surface area (Å²) in [6, 6.07) is 76.3. The highest BCUT2D eigenvalue weighted by atomic mass is 32.1. The maximum Gasteiger partial charge on any atom is 0.586 e. The van der Waals surface area contributed by atoms with Crippen LogP contribution in [0.25, 0.3) is 149 Å². The van der Waals surface area contributed by atoms with E-state index in [0.717, 1.165) is 253 Å². The number of piperazine rings is 2. The smallest absolute Gasteiger partial charge is 0.422 e. The number of ether oxygens (including phenoxy) is 2. The van der Waals surface area contributed by atoms with Crippen LogP contribution in [0, 0.1) is 0 Å². The van der Waals surface area contributed by atoms with Gasteiger partial charge in [-0.3, -0.25) is 0 Å². The molecule has 5 fully saturated rings. The molecule has 0 bridgehead atoms. The zero-order chi connectivity index (χ0) is 94.9. The number of halogens is 2. The van der Waals surface area contributed by atoms with E-state index in [9.17, 15) is 32.8 Å². The molecule has 5 saturated heterocycles. The van der Waals surface area contributed by atoms with Crippen molar-refractivity contribution >= 4 is 169 Å². The van der Waals surface area contributed by atoms with Crippen molar-refractivity contribution in [3.63, 3.8) is 0 Å². The molecule has 15 heterocycles. The van der Waals surface area contributed by atoms with Crippen LogP contribution in [0.1, 0.15) is 33.1 Å². The van der Waals surface area contributed by atoms with Crippen LogP contribution in [0.2, 0.25) is 0 Å². The van der Waals surface area contributed by atoms with E-state index in [-0.39, 0.29) is 39.8 Å². The van der Waals surface area contributed by atoms with Crippen molar-refractivity contribution in [2.75, 3.05) is 156 Å². The van der Waals surface area contributed by atoms with Crippen LogP contribution < -0.4 is 78.1 Å². The van der Waals surface area contributed by atoms with Gasteiger partial charge in [0.05, 0.1) is 67.8 Å². The van der Waals surface area contributed by atoms with E-state index in [1.807, 2.05) is 188 Å². The quantitative estimate of drug-likeness (QED) is 0.115. The number of likely N-dealkylation sites (N-methyl/N-ethyl adjacent to an activating group) is 2. The monoisotopic (exact) mass is 1940 g/mol. The Morgan fingerprint density at radius 3 is 0.993 bits per heavy atom. The van der Waals surface area contributed by atoms with Gasteiger partial charge in [-0.2, -0.15) is 0 Å². The van der Waals surface area contributed by atoms with Crippen LogP contribution in [0.3, 0.4) is 0 Å². The lowest BCUT2D eigenvalue weighted by Crippen LogP contribution is -2.54. The fraction of sp³-hybridized carbons (Fsp3) is 0.262. The third-order valence-corrected chi connectivity index (χ3v) is 29.9. The molecule has 32 heteroatoms. The molecule has 0 unspecified atom stereocenters. The van der Waals surface area contributed by atoms with Gasteiger partial charge in [0.1, 0.15) is 5.76 Å². The molecule has 3 N–H and O–H groups in total. The number of anilines is 5. The molecule has 706 valence electrons. The van der Waals surface area contributed by atoms with Crippen LogP contribution in [0.4, 0.5) is 37.2 Å². The minimum Gasteiger partial charge on any atom is -0.422 e. The molecular formula is C107H98F2N14O12S4. The molecule has 0 spiro atoms. The SMILES string of the molecule is CN1CCCN(c2ccc3cc(-c4ccc5c(c4)OC(F)(F)O5)oc(=O)c3c2)CC1.CN1CCCN(c2ccc3cc(-c4nc5ccccc5s4)oc(=O)c3c2)CC1.C[C@@H]1CN(c2ccc3cc(-c4nc5ccccc5s4)oc(=O)c3c2)C[C@H](C)N1.O=c1oc(-c2nc3ccccc3s2)cc2ccc(N3CCCNCC3)cc12.O=c1oc(-c2nc3ccccc3s2)cc2ccc(N3CCNCC3)cc12. The lowest BCUT2D eigenvalue weighted by Gasteiger charge is -2.37. The number of para-hydroxylation sites is 4. The first-order chi connectivity index (χ1) is 67.7. The highest BCUT2D eigenvalue weighted by molar-refractivity contribution is 7.22. The second-order valence-electron chi connectivity index (χ2n) is 35.6. The average molecular weight is 1940 g/mol. The second kappa shape index (κ2) is 39.9. The van der Waals surface area contributed by atoms with Crippen LogP contribution in [0.15, 0.2) is 283 Å². The van der Waals surface area contributed by atoms with Gasteiger partial charge in [-0.1, -0.05) is 78.9 Å². The van der Waals surface area contributed by atoms with Crippen LogP contribution in [-0.2, 0) is 0 Å². The Hall–Kier alpha value is -13.9. The molecule has 139 heavy (non-hydrogen) atoms. The molecular weight excluding hydrogens is 1840 g/mol. The molecule has 6 aliphatic rings. The number of nitrogens with zero attached hydrogens (tertiary/aromatic N) is 11. The number of hydrogen-bond acceptors (Lipinski definition) is 30. The lowest BCUT2D eigenvalue weighted by atomic mass is 10.1. The number of thiazole rings is 4. The number of benzene rings is 10. The molecule has 9 aromatic heterocycles. The summed E-state index contributed by atoms with van der Waals surface area (Å²) >= 11 is 6.15. The van der Waals surface area contributed by atoms with Gasteiger partial charge < -0.3 is 81.8 Å². The van der Waals surface area contributed by atoms with Gasteiger partial charge in [0.25, 0.3) is 0 Å². The van der Waals surface area contributed by atoms with Crippen molar-refractivity contribution < 1.29 is 40.3 Å². The van der Waals surface area contributed by atoms with E-state index in [2.05, 4.69) is 132 Å². The Morgan fingerprint density at radius 1 is 0.317 bits per heavy atom. The fourth-order valence-corrected chi connectivity index (χ4v) is 22.3. The predicted octanol–water partition coefficient (Wildman–Crippen LogP) is 19.7. The molecule has 26 nitrogen and oxygen atoms in total. The Morgan fingerprint density at radius 2 is 0.626 bits per heavy atom. The van der Waals surface area contributed by atoms with Crippen LogP contribution >= 0.6 is 45.3 Å². The summed E-state index contributed by atoms with van der Waals surface area (Å²) in [5.41, 5.74) is 7.71.